The Bertz CT molecular complexity index is 2520. The number of halogens is 2. The van der Waals surface area contributed by atoms with Crippen LogP contribution in [-0.4, -0.2) is 133 Å². The molecule has 4 aliphatic rings. The molecule has 5 heterocycles. The maximum Gasteiger partial charge on any atom is 0.251 e. The Balaban J connectivity index is 0.000000182. The quantitative estimate of drug-likeness (QED) is 0.108. The number of amides is 2. The van der Waals surface area contributed by atoms with Gasteiger partial charge in [-0.25, -0.2) is 18.7 Å². The number of piperazine rings is 2. The second-order valence-electron chi connectivity index (χ2n) is 17.8. The second kappa shape index (κ2) is 21.2. The summed E-state index contributed by atoms with van der Waals surface area (Å²) >= 11 is 0. The lowest BCUT2D eigenvalue weighted by molar-refractivity contribution is -0.135. The normalized spacial score (nSPS) is 18.4. The molecule has 5 aromatic rings. The van der Waals surface area contributed by atoms with Gasteiger partial charge in [-0.3, -0.25) is 14.4 Å². The Labute approximate surface area is 389 Å². The molecule has 2 aliphatic heterocycles. The smallest absolute Gasteiger partial charge is 0.251 e. The van der Waals surface area contributed by atoms with E-state index in [9.17, 15) is 23.2 Å². The van der Waals surface area contributed by atoms with Crippen molar-refractivity contribution in [1.82, 2.24) is 30.0 Å². The number of carbonyl (C=O) groups is 3. The third-order valence-electron chi connectivity index (χ3n) is 12.9. The number of pyridine rings is 2. The fraction of sp³-hybridized carbons (Fsp3) is 0.460. The molecular weight excluding hydrogens is 861 g/mol. The van der Waals surface area contributed by atoms with Gasteiger partial charge in [-0.05, 0) is 87.1 Å². The van der Waals surface area contributed by atoms with Crippen molar-refractivity contribution in [2.75, 3.05) is 83.0 Å². The van der Waals surface area contributed by atoms with Gasteiger partial charge in [-0.1, -0.05) is 24.3 Å². The van der Waals surface area contributed by atoms with Crippen LogP contribution in [0.5, 0.6) is 0 Å². The lowest BCUT2D eigenvalue weighted by Gasteiger charge is -2.41. The zero-order valence-electron chi connectivity index (χ0n) is 38.6. The van der Waals surface area contributed by atoms with Gasteiger partial charge in [-0.15, -0.1) is 10.2 Å². The van der Waals surface area contributed by atoms with Crippen LogP contribution < -0.4 is 15.5 Å². The first-order valence-electron chi connectivity index (χ1n) is 23.2. The Morgan fingerprint density at radius 2 is 1.16 bits per heavy atom. The van der Waals surface area contributed by atoms with Crippen LogP contribution in [0, 0.1) is 11.6 Å². The van der Waals surface area contributed by atoms with Crippen LogP contribution in [0.4, 0.5) is 20.4 Å². The average Bonchev–Trinajstić information content (AvgIpc) is 4.30. The maximum atomic E-state index is 13.6. The van der Waals surface area contributed by atoms with Gasteiger partial charge in [0.15, 0.2) is 5.78 Å². The Morgan fingerprint density at radius 3 is 1.60 bits per heavy atom. The van der Waals surface area contributed by atoms with Gasteiger partial charge in [0.2, 0.25) is 18.2 Å². The van der Waals surface area contributed by atoms with Crippen molar-refractivity contribution in [2.24, 2.45) is 5.73 Å². The minimum absolute atomic E-state index is 0.0214. The van der Waals surface area contributed by atoms with E-state index in [-0.39, 0.29) is 47.9 Å². The first-order valence-corrected chi connectivity index (χ1v) is 23.2. The number of methoxy groups -OCH3 is 2. The average molecular weight is 920 g/mol. The zero-order chi connectivity index (χ0) is 47.2. The number of nitrogens with two attached hydrogens (primary N) is 1. The summed E-state index contributed by atoms with van der Waals surface area (Å²) in [6.07, 6.45) is 6.29. The molecule has 9 rings (SSSR count). The van der Waals surface area contributed by atoms with Crippen LogP contribution in [0.15, 0.2) is 71.5 Å². The number of anilines is 2. The minimum Gasteiger partial charge on any atom is -0.423 e. The van der Waals surface area contributed by atoms with Gasteiger partial charge in [0.05, 0.1) is 55.1 Å². The highest BCUT2D eigenvalue weighted by atomic mass is 19.1. The van der Waals surface area contributed by atoms with Crippen molar-refractivity contribution in [3.05, 3.63) is 95.6 Å². The van der Waals surface area contributed by atoms with Gasteiger partial charge in [-0.2, -0.15) is 0 Å². The lowest BCUT2D eigenvalue weighted by atomic mass is 9.97. The standard InChI is InChI=1S/C25H28FN5O3.C25H31FN4O3/c1-16-14-30(10-11-31(16)22(32)9-12-33-2)24-21(25-29-27-15-34-25)13-20(23(28-24)18-3-4-18)17-5-7-19(26)8-6-17;1-16-15-29(10-11-30(16)23(32)9-12-33-2)25-21(22(31)14-27)13-20(24(28-25)18-3-4-18)17-5-7-19(26)8-6-17/h5-8,13,15-16,18H,3-4,9-12,14H2,1-2H3;5-8,13,16,18H,3-4,9-12,14-15,27H2,1-2H3/t2*16-/m11/s1. The number of ketones is 1. The first kappa shape index (κ1) is 47.3. The van der Waals surface area contributed by atoms with Crippen molar-refractivity contribution in [1.29, 1.82) is 0 Å². The molecule has 0 unspecified atom stereocenters. The van der Waals surface area contributed by atoms with Crippen molar-refractivity contribution in [3.63, 3.8) is 0 Å². The summed E-state index contributed by atoms with van der Waals surface area (Å²) in [6, 6.07) is 16.7. The first-order chi connectivity index (χ1) is 32.5. The van der Waals surface area contributed by atoms with Gasteiger partial charge in [0.1, 0.15) is 23.3 Å². The summed E-state index contributed by atoms with van der Waals surface area (Å²) in [5.41, 5.74) is 12.5. The van der Waals surface area contributed by atoms with E-state index in [2.05, 4.69) is 26.9 Å². The number of aromatic nitrogens is 4. The topological polar surface area (TPSA) is 173 Å². The summed E-state index contributed by atoms with van der Waals surface area (Å²) < 4.78 is 42.8. The fourth-order valence-electron chi connectivity index (χ4n) is 9.04. The summed E-state index contributed by atoms with van der Waals surface area (Å²) in [5.74, 6) is 1.93. The largest absolute Gasteiger partial charge is 0.423 e. The van der Waals surface area contributed by atoms with E-state index in [1.807, 2.05) is 28.9 Å². The highest BCUT2D eigenvalue weighted by Gasteiger charge is 2.36. The molecule has 67 heavy (non-hydrogen) atoms. The number of hydrogen-bond donors (Lipinski definition) is 1. The monoisotopic (exact) mass is 919 g/mol. The lowest BCUT2D eigenvalue weighted by Crippen LogP contribution is -2.54. The highest BCUT2D eigenvalue weighted by Crippen LogP contribution is 2.47. The van der Waals surface area contributed by atoms with E-state index >= 15 is 0 Å². The molecule has 2 N–H and O–H groups in total. The second-order valence-corrected chi connectivity index (χ2v) is 17.8. The Morgan fingerprint density at radius 1 is 0.687 bits per heavy atom. The summed E-state index contributed by atoms with van der Waals surface area (Å²) in [5, 5.41) is 8.03. The molecule has 0 spiro atoms. The van der Waals surface area contributed by atoms with Crippen LogP contribution in [0.25, 0.3) is 33.7 Å². The third kappa shape index (κ3) is 11.0. The molecular formula is C50H59F2N9O6. The molecule has 0 bridgehead atoms. The summed E-state index contributed by atoms with van der Waals surface area (Å²) in [4.78, 5) is 56.2. The molecule has 2 aromatic carbocycles. The van der Waals surface area contributed by atoms with Gasteiger partial charge >= 0.3 is 0 Å². The van der Waals surface area contributed by atoms with E-state index < -0.39 is 0 Å². The molecule has 2 amide bonds. The van der Waals surface area contributed by atoms with Crippen LogP contribution in [0.1, 0.15) is 86.0 Å². The molecule has 2 aliphatic carbocycles. The maximum absolute atomic E-state index is 13.6. The summed E-state index contributed by atoms with van der Waals surface area (Å²) in [7, 11) is 3.19. The van der Waals surface area contributed by atoms with E-state index in [0.717, 1.165) is 70.7 Å². The Kier molecular flexibility index (Phi) is 15.0. The molecule has 2 saturated heterocycles. The van der Waals surface area contributed by atoms with E-state index in [4.69, 9.17) is 29.6 Å². The zero-order valence-corrected chi connectivity index (χ0v) is 38.6. The third-order valence-corrected chi connectivity index (χ3v) is 12.9. The molecule has 17 heteroatoms. The SMILES string of the molecule is COCCC(=O)N1CCN(c2nc(C3CC3)c(-c3ccc(F)cc3)cc2-c2nnco2)C[C@H]1C.COCCC(=O)N1CCN(c2nc(C3CC3)c(-c3ccc(F)cc3)cc2C(=O)CN)C[C@H]1C. The molecule has 15 nitrogen and oxygen atoms in total. The fourth-order valence-corrected chi connectivity index (χ4v) is 9.04. The predicted octanol–water partition coefficient (Wildman–Crippen LogP) is 6.87. The summed E-state index contributed by atoms with van der Waals surface area (Å²) in [6.45, 7) is 8.39. The van der Waals surface area contributed by atoms with Crippen molar-refractivity contribution < 1.29 is 37.1 Å². The van der Waals surface area contributed by atoms with E-state index in [1.165, 1.54) is 30.7 Å². The molecule has 2 atom stereocenters. The minimum atomic E-state index is -0.304. The van der Waals surface area contributed by atoms with Crippen LogP contribution in [0.3, 0.4) is 0 Å². The molecule has 2 saturated carbocycles. The molecule has 0 radical (unpaired) electrons. The van der Waals surface area contributed by atoms with E-state index in [0.29, 0.717) is 94.4 Å². The van der Waals surface area contributed by atoms with Crippen molar-refractivity contribution in [2.45, 2.75) is 76.3 Å². The number of ether oxygens (including phenoxy) is 2. The van der Waals surface area contributed by atoms with Gasteiger partial charge < -0.3 is 39.2 Å². The number of benzene rings is 2. The van der Waals surface area contributed by atoms with Crippen LogP contribution in [-0.2, 0) is 19.1 Å². The number of hydrogen-bond acceptors (Lipinski definition) is 13. The Hall–Kier alpha value is -6.17. The number of nitrogens with zero attached hydrogens (tertiary/aromatic N) is 8. The molecule has 354 valence electrons. The van der Waals surface area contributed by atoms with Crippen molar-refractivity contribution >= 4 is 29.2 Å². The van der Waals surface area contributed by atoms with Crippen molar-refractivity contribution in [3.8, 4) is 33.7 Å². The highest BCUT2D eigenvalue weighted by molar-refractivity contribution is 6.03. The predicted molar refractivity (Wildman–Crippen MR) is 250 cm³/mol. The van der Waals surface area contributed by atoms with Crippen LogP contribution in [0.2, 0.25) is 0 Å². The van der Waals surface area contributed by atoms with Gasteiger partial charge in [0.25, 0.3) is 5.89 Å². The molecule has 4 fully saturated rings. The van der Waals surface area contributed by atoms with Crippen LogP contribution >= 0.6 is 0 Å². The van der Waals surface area contributed by atoms with E-state index in [1.54, 1.807) is 38.5 Å². The number of Topliss-reactive ketones (excluding diaryl/α,β-unsaturated/α-hetero) is 1. The van der Waals surface area contributed by atoms with Gasteiger partial charge in [0, 0.05) is 88.5 Å². The number of rotatable bonds is 15. The molecule has 3 aromatic heterocycles. The number of carbonyl (C=O) groups excluding carboxylic acids is 3.